The van der Waals surface area contributed by atoms with Crippen LogP contribution in [0.3, 0.4) is 0 Å². The molecule has 0 amide bonds. The molecule has 0 bridgehead atoms. The van der Waals surface area contributed by atoms with E-state index < -0.39 is 0 Å². The quantitative estimate of drug-likeness (QED) is 0.576. The van der Waals surface area contributed by atoms with Crippen LogP contribution in [0.1, 0.15) is 26.2 Å². The molecule has 56 valence electrons. The molecule has 2 heteroatoms. The fraction of sp³-hybridized carbons (Fsp3) is 1.00. The van der Waals surface area contributed by atoms with Crippen LogP contribution in [0.15, 0.2) is 0 Å². The minimum absolute atomic E-state index is 0.560. The maximum atomic E-state index is 5.44. The highest BCUT2D eigenvalue weighted by Gasteiger charge is 2.00. The van der Waals surface area contributed by atoms with Gasteiger partial charge in [0.15, 0.2) is 0 Å². The Morgan fingerprint density at radius 1 is 1.22 bits per heavy atom. The Morgan fingerprint density at radius 2 is 1.78 bits per heavy atom. The summed E-state index contributed by atoms with van der Waals surface area (Å²) in [6, 6.07) is 0. The van der Waals surface area contributed by atoms with Gasteiger partial charge < -0.3 is 11.5 Å². The van der Waals surface area contributed by atoms with Crippen LogP contribution in [-0.4, -0.2) is 13.1 Å². The topological polar surface area (TPSA) is 52.0 Å². The summed E-state index contributed by atoms with van der Waals surface area (Å²) in [5, 5.41) is 0. The van der Waals surface area contributed by atoms with Crippen molar-refractivity contribution in [2.24, 2.45) is 17.4 Å². The van der Waals surface area contributed by atoms with E-state index in [0.29, 0.717) is 5.92 Å². The molecule has 2 nitrogen and oxygen atoms in total. The summed E-state index contributed by atoms with van der Waals surface area (Å²) in [5.74, 6) is 0.560. The first kappa shape index (κ1) is 8.92. The summed E-state index contributed by atoms with van der Waals surface area (Å²) in [7, 11) is 0. The van der Waals surface area contributed by atoms with Crippen LogP contribution in [0.25, 0.3) is 0 Å². The molecule has 0 aromatic rings. The smallest absolute Gasteiger partial charge is 0.00368 e. The molecule has 4 N–H and O–H groups in total. The SMILES string of the molecule is CCCCC(CN)CN. The van der Waals surface area contributed by atoms with E-state index in [1.165, 1.54) is 19.3 Å². The predicted molar refractivity (Wildman–Crippen MR) is 41.1 cm³/mol. The van der Waals surface area contributed by atoms with Gasteiger partial charge in [0, 0.05) is 0 Å². The molecule has 0 unspecified atom stereocenters. The molecule has 0 saturated heterocycles. The largest absolute Gasteiger partial charge is 0.330 e. The summed E-state index contributed by atoms with van der Waals surface area (Å²) in [5.41, 5.74) is 10.9. The van der Waals surface area contributed by atoms with Crippen molar-refractivity contribution in [2.45, 2.75) is 26.2 Å². The highest BCUT2D eigenvalue weighted by molar-refractivity contribution is 4.59. The van der Waals surface area contributed by atoms with Crippen molar-refractivity contribution in [3.63, 3.8) is 0 Å². The Bertz CT molecular complexity index is 50.9. The van der Waals surface area contributed by atoms with Crippen LogP contribution in [0.4, 0.5) is 0 Å². The average Bonchev–Trinajstić information content (AvgIpc) is 1.91. The summed E-state index contributed by atoms with van der Waals surface area (Å²) in [4.78, 5) is 0. The molecular formula is C7H18N2. The van der Waals surface area contributed by atoms with Crippen LogP contribution >= 0.6 is 0 Å². The van der Waals surface area contributed by atoms with Crippen molar-refractivity contribution >= 4 is 0 Å². The third-order valence-electron chi connectivity index (χ3n) is 1.63. The van der Waals surface area contributed by atoms with Crippen molar-refractivity contribution in [3.8, 4) is 0 Å². The highest BCUT2D eigenvalue weighted by Crippen LogP contribution is 2.04. The second-order valence-corrected chi connectivity index (χ2v) is 2.48. The summed E-state index contributed by atoms with van der Waals surface area (Å²) < 4.78 is 0. The minimum atomic E-state index is 0.560. The summed E-state index contributed by atoms with van der Waals surface area (Å²) >= 11 is 0. The molecule has 0 aliphatic rings. The molecule has 0 aromatic heterocycles. The van der Waals surface area contributed by atoms with E-state index in [2.05, 4.69) is 6.92 Å². The maximum Gasteiger partial charge on any atom is -0.00368 e. The van der Waals surface area contributed by atoms with Gasteiger partial charge in [-0.05, 0) is 25.4 Å². The second kappa shape index (κ2) is 6.05. The lowest BCUT2D eigenvalue weighted by atomic mass is 10.0. The molecule has 0 saturated carbocycles. The predicted octanol–water partition coefficient (Wildman–Crippen LogP) is 0.710. The van der Waals surface area contributed by atoms with Gasteiger partial charge in [-0.15, -0.1) is 0 Å². The Labute approximate surface area is 57.6 Å². The highest BCUT2D eigenvalue weighted by atomic mass is 14.6. The van der Waals surface area contributed by atoms with Gasteiger partial charge in [0.25, 0.3) is 0 Å². The van der Waals surface area contributed by atoms with Crippen LogP contribution in [0.2, 0.25) is 0 Å². The number of hydrogen-bond donors (Lipinski definition) is 2. The molecule has 0 spiro atoms. The van der Waals surface area contributed by atoms with Gasteiger partial charge in [-0.3, -0.25) is 0 Å². The molecule has 0 fully saturated rings. The fourth-order valence-electron chi connectivity index (χ4n) is 0.825. The number of hydrogen-bond acceptors (Lipinski definition) is 2. The zero-order chi connectivity index (χ0) is 7.11. The van der Waals surface area contributed by atoms with Gasteiger partial charge in [-0.1, -0.05) is 19.8 Å². The molecule has 0 rings (SSSR count). The maximum absolute atomic E-state index is 5.44. The van der Waals surface area contributed by atoms with Crippen LogP contribution in [0.5, 0.6) is 0 Å². The Kier molecular flexibility index (Phi) is 5.99. The molecule has 0 radical (unpaired) electrons. The van der Waals surface area contributed by atoms with Crippen molar-refractivity contribution < 1.29 is 0 Å². The average molecular weight is 130 g/mol. The van der Waals surface area contributed by atoms with Crippen molar-refractivity contribution in [1.29, 1.82) is 0 Å². The van der Waals surface area contributed by atoms with Crippen LogP contribution in [0, 0.1) is 5.92 Å². The van der Waals surface area contributed by atoms with E-state index >= 15 is 0 Å². The third kappa shape index (κ3) is 4.43. The first-order chi connectivity index (χ1) is 4.35. The summed E-state index contributed by atoms with van der Waals surface area (Å²) in [6.07, 6.45) is 3.71. The number of rotatable bonds is 5. The Balaban J connectivity index is 3.09. The zero-order valence-electron chi connectivity index (χ0n) is 6.27. The fourth-order valence-corrected chi connectivity index (χ4v) is 0.825. The van der Waals surface area contributed by atoms with Gasteiger partial charge >= 0.3 is 0 Å². The van der Waals surface area contributed by atoms with Gasteiger partial charge in [-0.2, -0.15) is 0 Å². The first-order valence-corrected chi connectivity index (χ1v) is 3.75. The van der Waals surface area contributed by atoms with Crippen molar-refractivity contribution in [3.05, 3.63) is 0 Å². The van der Waals surface area contributed by atoms with Crippen LogP contribution < -0.4 is 11.5 Å². The van der Waals surface area contributed by atoms with Gasteiger partial charge in [-0.25, -0.2) is 0 Å². The Hall–Kier alpha value is -0.0800. The number of unbranched alkanes of at least 4 members (excludes halogenated alkanes) is 1. The van der Waals surface area contributed by atoms with Crippen molar-refractivity contribution in [2.75, 3.05) is 13.1 Å². The lowest BCUT2D eigenvalue weighted by Crippen LogP contribution is -2.22. The number of nitrogens with two attached hydrogens (primary N) is 2. The lowest BCUT2D eigenvalue weighted by Gasteiger charge is -2.09. The van der Waals surface area contributed by atoms with Crippen molar-refractivity contribution in [1.82, 2.24) is 0 Å². The van der Waals surface area contributed by atoms with Crippen LogP contribution in [-0.2, 0) is 0 Å². The van der Waals surface area contributed by atoms with Gasteiger partial charge in [0.1, 0.15) is 0 Å². The molecule has 0 heterocycles. The Morgan fingerprint density at radius 3 is 2.11 bits per heavy atom. The third-order valence-corrected chi connectivity index (χ3v) is 1.63. The normalized spacial score (nSPS) is 10.7. The van der Waals surface area contributed by atoms with E-state index in [-0.39, 0.29) is 0 Å². The minimum Gasteiger partial charge on any atom is -0.330 e. The van der Waals surface area contributed by atoms with E-state index in [4.69, 9.17) is 11.5 Å². The second-order valence-electron chi connectivity index (χ2n) is 2.48. The zero-order valence-corrected chi connectivity index (χ0v) is 6.27. The first-order valence-electron chi connectivity index (χ1n) is 3.75. The molecular weight excluding hydrogens is 112 g/mol. The van der Waals surface area contributed by atoms with E-state index in [0.717, 1.165) is 13.1 Å². The van der Waals surface area contributed by atoms with E-state index in [1.54, 1.807) is 0 Å². The monoisotopic (exact) mass is 130 g/mol. The van der Waals surface area contributed by atoms with E-state index in [9.17, 15) is 0 Å². The lowest BCUT2D eigenvalue weighted by molar-refractivity contribution is 0.485. The standard InChI is InChI=1S/C7H18N2/c1-2-3-4-7(5-8)6-9/h7H,2-6,8-9H2,1H3. The molecule has 0 atom stereocenters. The molecule has 9 heavy (non-hydrogen) atoms. The molecule has 0 aliphatic heterocycles. The van der Waals surface area contributed by atoms with E-state index in [1.807, 2.05) is 0 Å². The van der Waals surface area contributed by atoms with Gasteiger partial charge in [0.05, 0.1) is 0 Å². The molecule has 0 aliphatic carbocycles. The summed E-state index contributed by atoms with van der Waals surface area (Å²) in [6.45, 7) is 3.68. The van der Waals surface area contributed by atoms with Gasteiger partial charge in [0.2, 0.25) is 0 Å². The molecule has 0 aromatic carbocycles.